The highest BCUT2D eigenvalue weighted by molar-refractivity contribution is 8.32. The molecule has 1 aliphatic rings. The van der Waals surface area contributed by atoms with Crippen molar-refractivity contribution in [1.29, 1.82) is 0 Å². The Morgan fingerprint density at radius 1 is 1.50 bits per heavy atom. The Hall–Kier alpha value is 0.230. The van der Waals surface area contributed by atoms with Crippen molar-refractivity contribution in [3.05, 3.63) is 0 Å². The zero-order valence-corrected chi connectivity index (χ0v) is 9.13. The average molecular weight is 191 g/mol. The van der Waals surface area contributed by atoms with E-state index in [1.807, 2.05) is 0 Å². The summed E-state index contributed by atoms with van der Waals surface area (Å²) in [6.07, 6.45) is 2.33. The van der Waals surface area contributed by atoms with Gasteiger partial charge in [-0.05, 0) is 18.2 Å². The molecule has 1 saturated heterocycles. The summed E-state index contributed by atoms with van der Waals surface area (Å²) in [7, 11) is -0.499. The van der Waals surface area contributed by atoms with Crippen LogP contribution in [0.15, 0.2) is 0 Å². The van der Waals surface area contributed by atoms with Gasteiger partial charge in [-0.25, -0.2) is 0 Å². The molecular weight excluding hydrogens is 170 g/mol. The van der Waals surface area contributed by atoms with Crippen molar-refractivity contribution >= 4 is 10.2 Å². The summed E-state index contributed by atoms with van der Waals surface area (Å²) >= 11 is 0. The predicted molar refractivity (Wildman–Crippen MR) is 57.2 cm³/mol. The molecule has 4 heteroatoms. The number of hydrogen-bond donors (Lipinski definition) is 3. The summed E-state index contributed by atoms with van der Waals surface area (Å²) in [6, 6.07) is 0. The number of hydrogen-bond acceptors (Lipinski definition) is 3. The normalized spacial score (nSPS) is 24.7. The molecule has 0 aromatic heterocycles. The Bertz CT molecular complexity index is 143. The molecule has 0 atom stereocenters. The molecule has 0 aromatic rings. The highest BCUT2D eigenvalue weighted by Crippen LogP contribution is 2.43. The zero-order chi connectivity index (χ0) is 9.24. The molecular formula is C8H21N3S. The quantitative estimate of drug-likeness (QED) is 0.604. The molecule has 74 valence electrons. The molecule has 12 heavy (non-hydrogen) atoms. The van der Waals surface area contributed by atoms with Crippen LogP contribution < -0.4 is 15.8 Å². The average Bonchev–Trinajstić information content (AvgIpc) is 1.98. The lowest BCUT2D eigenvalue weighted by atomic mass is 9.95. The van der Waals surface area contributed by atoms with Crippen LogP contribution in [0.5, 0.6) is 0 Å². The van der Waals surface area contributed by atoms with E-state index >= 15 is 0 Å². The Kier molecular flexibility index (Phi) is 3.04. The Morgan fingerprint density at radius 2 is 2.08 bits per heavy atom. The third-order valence-electron chi connectivity index (χ3n) is 2.29. The van der Waals surface area contributed by atoms with Crippen LogP contribution in [0, 0.1) is 5.41 Å². The van der Waals surface area contributed by atoms with E-state index < -0.39 is 10.2 Å². The Morgan fingerprint density at radius 3 is 2.42 bits per heavy atom. The molecule has 1 aliphatic heterocycles. The van der Waals surface area contributed by atoms with Crippen LogP contribution in [0.4, 0.5) is 0 Å². The minimum Gasteiger partial charge on any atom is -0.330 e. The number of nitrogens with two attached hydrogens (primary N) is 1. The molecule has 0 radical (unpaired) electrons. The second-order valence-corrected chi connectivity index (χ2v) is 7.92. The van der Waals surface area contributed by atoms with E-state index in [9.17, 15) is 0 Å². The smallest absolute Gasteiger partial charge is 0.0390 e. The first-order valence-corrected chi connectivity index (χ1v) is 6.75. The lowest BCUT2D eigenvalue weighted by molar-refractivity contribution is 0.379. The van der Waals surface area contributed by atoms with Crippen LogP contribution in [0.3, 0.4) is 0 Å². The second kappa shape index (κ2) is 3.54. The monoisotopic (exact) mass is 191 g/mol. The van der Waals surface area contributed by atoms with E-state index in [1.165, 1.54) is 0 Å². The van der Waals surface area contributed by atoms with Gasteiger partial charge in [0.2, 0.25) is 0 Å². The van der Waals surface area contributed by atoms with Gasteiger partial charge >= 0.3 is 0 Å². The van der Waals surface area contributed by atoms with Crippen molar-refractivity contribution in [2.24, 2.45) is 11.1 Å². The molecule has 0 amide bonds. The van der Waals surface area contributed by atoms with Gasteiger partial charge in [-0.1, -0.05) is 13.8 Å². The highest BCUT2D eigenvalue weighted by Gasteiger charge is 2.27. The second-order valence-electron chi connectivity index (χ2n) is 4.50. The summed E-state index contributed by atoms with van der Waals surface area (Å²) in [5, 5.41) is 3.30. The maximum absolute atomic E-state index is 5.65. The molecule has 0 unspecified atom stereocenters. The van der Waals surface area contributed by atoms with Crippen LogP contribution in [-0.2, 0) is 0 Å². The lowest BCUT2D eigenvalue weighted by Gasteiger charge is -2.47. The van der Waals surface area contributed by atoms with Gasteiger partial charge < -0.3 is 5.73 Å². The molecule has 0 bridgehead atoms. The predicted octanol–water partition coefficient (Wildman–Crippen LogP) is 0.429. The fourth-order valence-corrected chi connectivity index (χ4v) is 2.71. The van der Waals surface area contributed by atoms with E-state index in [1.54, 1.807) is 0 Å². The minimum absolute atomic E-state index is 0.242. The van der Waals surface area contributed by atoms with Crippen molar-refractivity contribution in [2.45, 2.75) is 13.8 Å². The van der Waals surface area contributed by atoms with Gasteiger partial charge in [-0.15, -0.1) is 0 Å². The first-order chi connectivity index (χ1) is 5.47. The fourth-order valence-electron chi connectivity index (χ4n) is 0.952. The topological polar surface area (TPSA) is 50.1 Å². The van der Waals surface area contributed by atoms with Gasteiger partial charge in [0.1, 0.15) is 0 Å². The molecule has 0 aromatic carbocycles. The molecule has 0 aliphatic carbocycles. The van der Waals surface area contributed by atoms with Crippen molar-refractivity contribution in [1.82, 2.24) is 10.0 Å². The molecule has 1 fully saturated rings. The molecule has 3 nitrogen and oxygen atoms in total. The summed E-state index contributed by atoms with van der Waals surface area (Å²) in [5.74, 6) is 2.32. The van der Waals surface area contributed by atoms with Gasteiger partial charge in [0.15, 0.2) is 0 Å². The lowest BCUT2D eigenvalue weighted by Crippen LogP contribution is -2.48. The SMILES string of the molecule is CC(C)(CN)CNS1(C)CNC1. The summed E-state index contributed by atoms with van der Waals surface area (Å²) in [5.41, 5.74) is 5.89. The number of nitrogens with one attached hydrogen (secondary N) is 2. The third kappa shape index (κ3) is 2.62. The molecule has 0 spiro atoms. The first kappa shape index (κ1) is 10.3. The van der Waals surface area contributed by atoms with Crippen molar-refractivity contribution in [3.8, 4) is 0 Å². The van der Waals surface area contributed by atoms with Gasteiger partial charge in [0.05, 0.1) is 0 Å². The van der Waals surface area contributed by atoms with Crippen LogP contribution in [0.2, 0.25) is 0 Å². The van der Waals surface area contributed by atoms with Crippen molar-refractivity contribution in [3.63, 3.8) is 0 Å². The maximum atomic E-state index is 5.65. The third-order valence-corrected chi connectivity index (χ3v) is 4.82. The molecule has 0 saturated carbocycles. The van der Waals surface area contributed by atoms with E-state index in [-0.39, 0.29) is 5.41 Å². The summed E-state index contributed by atoms with van der Waals surface area (Å²) in [6.45, 7) is 6.20. The summed E-state index contributed by atoms with van der Waals surface area (Å²) < 4.78 is 3.63. The standard InChI is InChI=1S/C8H21N3S/c1-8(2,4-9)5-11-12(3)6-10-7-12/h10-11H,4-7,9H2,1-3H3. The molecule has 4 N–H and O–H groups in total. The molecule has 1 rings (SSSR count). The van der Waals surface area contributed by atoms with E-state index in [4.69, 9.17) is 5.73 Å². The van der Waals surface area contributed by atoms with Crippen LogP contribution in [0.25, 0.3) is 0 Å². The largest absolute Gasteiger partial charge is 0.330 e. The number of rotatable bonds is 4. The Balaban J connectivity index is 2.24. The maximum Gasteiger partial charge on any atom is 0.0390 e. The van der Waals surface area contributed by atoms with Crippen molar-refractivity contribution < 1.29 is 0 Å². The van der Waals surface area contributed by atoms with E-state index in [0.717, 1.165) is 24.8 Å². The fraction of sp³-hybridized carbons (Fsp3) is 1.00. The first-order valence-electron chi connectivity index (χ1n) is 4.37. The zero-order valence-electron chi connectivity index (χ0n) is 8.31. The minimum atomic E-state index is -0.499. The Labute approximate surface area is 76.9 Å². The van der Waals surface area contributed by atoms with E-state index in [2.05, 4.69) is 30.1 Å². The van der Waals surface area contributed by atoms with Crippen LogP contribution >= 0.6 is 10.2 Å². The van der Waals surface area contributed by atoms with Gasteiger partial charge in [0, 0.05) is 18.3 Å². The van der Waals surface area contributed by atoms with Gasteiger partial charge in [-0.3, -0.25) is 10.0 Å². The van der Waals surface area contributed by atoms with Crippen molar-refractivity contribution in [2.75, 3.05) is 31.1 Å². The highest BCUT2D eigenvalue weighted by atomic mass is 32.3. The van der Waals surface area contributed by atoms with Crippen LogP contribution in [-0.4, -0.2) is 31.1 Å². The van der Waals surface area contributed by atoms with Crippen LogP contribution in [0.1, 0.15) is 13.8 Å². The molecule has 1 heterocycles. The van der Waals surface area contributed by atoms with E-state index in [0.29, 0.717) is 0 Å². The van der Waals surface area contributed by atoms with Gasteiger partial charge in [-0.2, -0.15) is 10.2 Å². The van der Waals surface area contributed by atoms with Gasteiger partial charge in [0.25, 0.3) is 0 Å². The summed E-state index contributed by atoms with van der Waals surface area (Å²) in [4.78, 5) is 0.